The molecule has 0 N–H and O–H groups in total. The Morgan fingerprint density at radius 2 is 2.00 bits per heavy atom. The summed E-state index contributed by atoms with van der Waals surface area (Å²) in [6.45, 7) is 0. The summed E-state index contributed by atoms with van der Waals surface area (Å²) in [7, 11) is 0. The van der Waals surface area contributed by atoms with Gasteiger partial charge in [0.1, 0.15) is 5.75 Å². The van der Waals surface area contributed by atoms with Crippen molar-refractivity contribution < 1.29 is 9.53 Å². The Labute approximate surface area is 105 Å². The maximum absolute atomic E-state index is 10.5. The minimum Gasteiger partial charge on any atom is -0.439 e. The predicted octanol–water partition coefficient (Wildman–Crippen LogP) is 3.18. The van der Waals surface area contributed by atoms with Crippen LogP contribution in [0.25, 0.3) is 0 Å². The van der Waals surface area contributed by atoms with E-state index in [1.165, 1.54) is 30.2 Å². The lowest BCUT2D eigenvalue weighted by Gasteiger charge is -2.06. The maximum atomic E-state index is 10.5. The van der Waals surface area contributed by atoms with Crippen molar-refractivity contribution in [2.45, 2.75) is 19.3 Å². The number of benzene rings is 1. The van der Waals surface area contributed by atoms with E-state index < -0.39 is 0 Å². The number of aromatic nitrogens is 1. The first-order valence-corrected chi connectivity index (χ1v) is 6.06. The van der Waals surface area contributed by atoms with Crippen molar-refractivity contribution in [3.63, 3.8) is 0 Å². The fraction of sp³-hybridized carbons (Fsp3) is 0.200. The summed E-state index contributed by atoms with van der Waals surface area (Å²) in [5, 5.41) is 0. The minimum atomic E-state index is 0.513. The normalized spacial score (nSPS) is 13.1. The van der Waals surface area contributed by atoms with Crippen LogP contribution < -0.4 is 4.74 Å². The zero-order valence-electron chi connectivity index (χ0n) is 9.93. The lowest BCUT2D eigenvalue weighted by atomic mass is 10.1. The number of pyridine rings is 1. The lowest BCUT2D eigenvalue weighted by molar-refractivity contribution is 0.112. The number of carbonyl (C=O) groups is 1. The summed E-state index contributed by atoms with van der Waals surface area (Å²) in [5.41, 5.74) is 3.35. The first-order valence-electron chi connectivity index (χ1n) is 6.06. The van der Waals surface area contributed by atoms with E-state index in [0.717, 1.165) is 18.5 Å². The molecule has 3 rings (SSSR count). The molecule has 0 unspecified atom stereocenters. The molecule has 0 fully saturated rings. The summed E-state index contributed by atoms with van der Waals surface area (Å²) >= 11 is 0. The zero-order valence-corrected chi connectivity index (χ0v) is 9.93. The molecule has 0 spiro atoms. The molecule has 90 valence electrons. The van der Waals surface area contributed by atoms with Gasteiger partial charge in [-0.3, -0.25) is 4.79 Å². The highest BCUT2D eigenvalue weighted by Crippen LogP contribution is 2.28. The van der Waals surface area contributed by atoms with Crippen molar-refractivity contribution in [1.29, 1.82) is 0 Å². The van der Waals surface area contributed by atoms with Crippen molar-refractivity contribution in [3.8, 4) is 11.6 Å². The van der Waals surface area contributed by atoms with Crippen LogP contribution in [0, 0.1) is 0 Å². The summed E-state index contributed by atoms with van der Waals surface area (Å²) in [6.07, 6.45) is 5.80. The quantitative estimate of drug-likeness (QED) is 0.772. The molecule has 0 atom stereocenters. The third-order valence-electron chi connectivity index (χ3n) is 3.19. The van der Waals surface area contributed by atoms with Gasteiger partial charge in [-0.1, -0.05) is 6.07 Å². The molecule has 18 heavy (non-hydrogen) atoms. The Morgan fingerprint density at radius 1 is 1.11 bits per heavy atom. The summed E-state index contributed by atoms with van der Waals surface area (Å²) in [6, 6.07) is 9.58. The number of fused-ring (bicyclic) bond motifs is 1. The molecule has 0 saturated heterocycles. The molecule has 1 aliphatic rings. The average Bonchev–Trinajstić information content (AvgIpc) is 2.87. The number of hydrogen-bond acceptors (Lipinski definition) is 3. The van der Waals surface area contributed by atoms with Crippen molar-refractivity contribution in [2.24, 2.45) is 0 Å². The number of hydrogen-bond donors (Lipinski definition) is 0. The van der Waals surface area contributed by atoms with Crippen LogP contribution in [0.15, 0.2) is 36.5 Å². The van der Waals surface area contributed by atoms with E-state index in [0.29, 0.717) is 11.4 Å². The van der Waals surface area contributed by atoms with E-state index in [4.69, 9.17) is 4.74 Å². The average molecular weight is 239 g/mol. The molecule has 3 nitrogen and oxygen atoms in total. The first-order chi connectivity index (χ1) is 8.85. The molecule has 0 aliphatic heterocycles. The van der Waals surface area contributed by atoms with Crippen molar-refractivity contribution in [2.75, 3.05) is 0 Å². The Morgan fingerprint density at radius 3 is 2.78 bits per heavy atom. The van der Waals surface area contributed by atoms with Gasteiger partial charge in [-0.2, -0.15) is 0 Å². The highest BCUT2D eigenvalue weighted by Gasteiger charge is 2.11. The molecule has 1 aromatic heterocycles. The molecule has 0 bridgehead atoms. The first kappa shape index (κ1) is 11.0. The smallest absolute Gasteiger partial charge is 0.219 e. The van der Waals surface area contributed by atoms with Crippen LogP contribution in [0.4, 0.5) is 0 Å². The van der Waals surface area contributed by atoms with Crippen LogP contribution >= 0.6 is 0 Å². The van der Waals surface area contributed by atoms with Crippen LogP contribution in [0.3, 0.4) is 0 Å². The van der Waals surface area contributed by atoms with Gasteiger partial charge in [0.25, 0.3) is 0 Å². The second-order valence-corrected chi connectivity index (χ2v) is 4.43. The van der Waals surface area contributed by atoms with Gasteiger partial charge in [0.2, 0.25) is 5.88 Å². The second-order valence-electron chi connectivity index (χ2n) is 4.43. The van der Waals surface area contributed by atoms with Gasteiger partial charge in [-0.25, -0.2) is 4.98 Å². The Kier molecular flexibility index (Phi) is 2.81. The number of aryl methyl sites for hydroxylation is 2. The van der Waals surface area contributed by atoms with Gasteiger partial charge in [0.15, 0.2) is 6.29 Å². The highest BCUT2D eigenvalue weighted by molar-refractivity contribution is 5.74. The van der Waals surface area contributed by atoms with Gasteiger partial charge in [0.05, 0.1) is 0 Å². The standard InChI is InChI=1S/C15H13NO2/c17-10-11-4-7-15(16-9-11)18-14-6-5-12-2-1-3-13(12)8-14/h4-10H,1-3H2. The number of nitrogens with zero attached hydrogens (tertiary/aromatic N) is 1. The maximum Gasteiger partial charge on any atom is 0.219 e. The number of aldehydes is 1. The van der Waals surface area contributed by atoms with E-state index in [-0.39, 0.29) is 0 Å². The molecule has 1 heterocycles. The highest BCUT2D eigenvalue weighted by atomic mass is 16.5. The lowest BCUT2D eigenvalue weighted by Crippen LogP contribution is -1.91. The predicted molar refractivity (Wildman–Crippen MR) is 68.2 cm³/mol. The molecule has 0 saturated carbocycles. The zero-order chi connectivity index (χ0) is 12.4. The molecule has 0 radical (unpaired) electrons. The Bertz CT molecular complexity index is 576. The van der Waals surface area contributed by atoms with Crippen LogP contribution in [0.1, 0.15) is 27.9 Å². The van der Waals surface area contributed by atoms with Crippen molar-refractivity contribution >= 4 is 6.29 Å². The van der Waals surface area contributed by atoms with E-state index >= 15 is 0 Å². The number of carbonyl (C=O) groups excluding carboxylic acids is 1. The summed E-state index contributed by atoms with van der Waals surface area (Å²) < 4.78 is 5.68. The molecule has 1 aliphatic carbocycles. The fourth-order valence-corrected chi connectivity index (χ4v) is 2.25. The molecule has 1 aromatic carbocycles. The fourth-order valence-electron chi connectivity index (χ4n) is 2.25. The van der Waals surface area contributed by atoms with E-state index in [9.17, 15) is 4.79 Å². The largest absolute Gasteiger partial charge is 0.439 e. The van der Waals surface area contributed by atoms with Crippen LogP contribution in [-0.2, 0) is 12.8 Å². The van der Waals surface area contributed by atoms with Crippen molar-refractivity contribution in [1.82, 2.24) is 4.98 Å². The van der Waals surface area contributed by atoms with Gasteiger partial charge in [-0.05, 0) is 48.6 Å². The third-order valence-corrected chi connectivity index (χ3v) is 3.19. The third kappa shape index (κ3) is 2.12. The summed E-state index contributed by atoms with van der Waals surface area (Å²) in [4.78, 5) is 14.6. The minimum absolute atomic E-state index is 0.513. The molecule has 0 amide bonds. The van der Waals surface area contributed by atoms with E-state index in [1.54, 1.807) is 12.1 Å². The second kappa shape index (κ2) is 4.61. The molecular weight excluding hydrogens is 226 g/mol. The van der Waals surface area contributed by atoms with Gasteiger partial charge in [0, 0.05) is 17.8 Å². The Balaban J connectivity index is 1.81. The van der Waals surface area contributed by atoms with Gasteiger partial charge >= 0.3 is 0 Å². The molecule has 3 heteroatoms. The summed E-state index contributed by atoms with van der Waals surface area (Å²) in [5.74, 6) is 1.32. The van der Waals surface area contributed by atoms with Gasteiger partial charge in [-0.15, -0.1) is 0 Å². The van der Waals surface area contributed by atoms with Gasteiger partial charge < -0.3 is 4.74 Å². The van der Waals surface area contributed by atoms with Crippen molar-refractivity contribution in [3.05, 3.63) is 53.2 Å². The molecule has 2 aromatic rings. The van der Waals surface area contributed by atoms with Crippen LogP contribution in [0.5, 0.6) is 11.6 Å². The van der Waals surface area contributed by atoms with Crippen LogP contribution in [-0.4, -0.2) is 11.3 Å². The molecular formula is C15H13NO2. The monoisotopic (exact) mass is 239 g/mol. The Hall–Kier alpha value is -2.16. The van der Waals surface area contributed by atoms with E-state index in [1.807, 2.05) is 6.07 Å². The number of rotatable bonds is 3. The topological polar surface area (TPSA) is 39.2 Å². The van der Waals surface area contributed by atoms with E-state index in [2.05, 4.69) is 17.1 Å². The van der Waals surface area contributed by atoms with Crippen LogP contribution in [0.2, 0.25) is 0 Å². The number of ether oxygens (including phenoxy) is 1. The SMILES string of the molecule is O=Cc1ccc(Oc2ccc3c(c2)CCC3)nc1.